The SMILES string of the molecule is c1ccc(-c2ccc(N(c3cc(N(c4ccccc4)c4ccccc4)cc(N4c5ccccc5Oc5ccccc54)c3)c3ccc4sc5ccccc5c4c3)cc2)cc1. The zero-order chi connectivity index (χ0) is 39.1. The average molecular weight is 776 g/mol. The molecule has 0 spiro atoms. The van der Waals surface area contributed by atoms with E-state index in [2.05, 4.69) is 215 Å². The first-order valence-electron chi connectivity index (χ1n) is 19.8. The zero-order valence-corrected chi connectivity index (χ0v) is 32.8. The van der Waals surface area contributed by atoms with Gasteiger partial charge in [-0.1, -0.05) is 121 Å². The third kappa shape index (κ3) is 6.35. The van der Waals surface area contributed by atoms with E-state index in [9.17, 15) is 0 Å². The molecular weight excluding hydrogens is 739 g/mol. The Morgan fingerprint density at radius 1 is 0.339 bits per heavy atom. The van der Waals surface area contributed by atoms with Crippen LogP contribution in [0.15, 0.2) is 224 Å². The molecule has 0 aliphatic carbocycles. The second-order valence-electron chi connectivity index (χ2n) is 14.6. The maximum atomic E-state index is 6.52. The number of para-hydroxylation sites is 6. The number of thiophene rings is 1. The van der Waals surface area contributed by atoms with Crippen LogP contribution in [0, 0.1) is 0 Å². The number of fused-ring (bicyclic) bond motifs is 5. The number of nitrogens with zero attached hydrogens (tertiary/aromatic N) is 3. The molecule has 0 saturated heterocycles. The molecule has 9 aromatic carbocycles. The molecule has 1 aliphatic heterocycles. The molecule has 4 nitrogen and oxygen atoms in total. The molecule has 280 valence electrons. The van der Waals surface area contributed by atoms with Crippen molar-refractivity contribution in [3.8, 4) is 22.6 Å². The monoisotopic (exact) mass is 775 g/mol. The first-order valence-corrected chi connectivity index (χ1v) is 20.7. The van der Waals surface area contributed by atoms with Gasteiger partial charge in [0.2, 0.25) is 0 Å². The van der Waals surface area contributed by atoms with E-state index < -0.39 is 0 Å². The Labute approximate surface area is 347 Å². The lowest BCUT2D eigenvalue weighted by Gasteiger charge is -2.35. The van der Waals surface area contributed by atoms with Gasteiger partial charge < -0.3 is 19.4 Å². The van der Waals surface area contributed by atoms with Gasteiger partial charge in [0.05, 0.1) is 28.4 Å². The molecule has 2 heterocycles. The third-order valence-electron chi connectivity index (χ3n) is 11.0. The first kappa shape index (κ1) is 34.6. The molecule has 10 aromatic rings. The van der Waals surface area contributed by atoms with E-state index in [1.54, 1.807) is 0 Å². The van der Waals surface area contributed by atoms with E-state index in [0.717, 1.165) is 62.7 Å². The minimum atomic E-state index is 0.810. The average Bonchev–Trinajstić information content (AvgIpc) is 3.68. The van der Waals surface area contributed by atoms with Crippen LogP contribution in [0.25, 0.3) is 31.3 Å². The molecule has 5 heteroatoms. The fourth-order valence-electron chi connectivity index (χ4n) is 8.28. The maximum absolute atomic E-state index is 6.52. The van der Waals surface area contributed by atoms with E-state index in [1.807, 2.05) is 35.6 Å². The molecule has 1 aliphatic rings. The van der Waals surface area contributed by atoms with Gasteiger partial charge >= 0.3 is 0 Å². The van der Waals surface area contributed by atoms with Crippen molar-refractivity contribution in [2.24, 2.45) is 0 Å². The van der Waals surface area contributed by atoms with Gasteiger partial charge in [-0.05, 0) is 114 Å². The highest BCUT2D eigenvalue weighted by Crippen LogP contribution is 2.53. The highest BCUT2D eigenvalue weighted by molar-refractivity contribution is 7.25. The number of anilines is 9. The topological polar surface area (TPSA) is 19.0 Å². The number of hydrogen-bond donors (Lipinski definition) is 0. The van der Waals surface area contributed by atoms with Crippen LogP contribution in [-0.4, -0.2) is 0 Å². The van der Waals surface area contributed by atoms with Crippen molar-refractivity contribution in [3.63, 3.8) is 0 Å². The number of rotatable bonds is 8. The van der Waals surface area contributed by atoms with Crippen molar-refractivity contribution in [1.29, 1.82) is 0 Å². The molecule has 0 atom stereocenters. The normalized spacial score (nSPS) is 11.8. The molecule has 0 saturated carbocycles. The number of hydrogen-bond acceptors (Lipinski definition) is 5. The second-order valence-corrected chi connectivity index (χ2v) is 15.7. The Hall–Kier alpha value is -7.60. The highest BCUT2D eigenvalue weighted by Gasteiger charge is 2.28. The highest BCUT2D eigenvalue weighted by atomic mass is 32.1. The van der Waals surface area contributed by atoms with Crippen LogP contribution in [0.3, 0.4) is 0 Å². The minimum absolute atomic E-state index is 0.810. The molecule has 59 heavy (non-hydrogen) atoms. The molecule has 0 radical (unpaired) electrons. The smallest absolute Gasteiger partial charge is 0.151 e. The van der Waals surface area contributed by atoms with Crippen molar-refractivity contribution < 1.29 is 4.74 Å². The van der Waals surface area contributed by atoms with Gasteiger partial charge in [0.25, 0.3) is 0 Å². The standard InChI is InChI=1S/C54H37N3OS/c1-4-16-38(17-5-1)39-28-30-42(31-29-39)56(43-32-33-54-48(37-43)47-22-10-15-27-53(47)59-54)45-34-44(55(40-18-6-2-7-19-40)41-20-8-3-9-21-41)35-46(36-45)57-49-23-11-13-25-51(49)58-52-26-14-12-24-50(52)57/h1-37H. The van der Waals surface area contributed by atoms with E-state index >= 15 is 0 Å². The van der Waals surface area contributed by atoms with Crippen molar-refractivity contribution in [1.82, 2.24) is 0 Å². The van der Waals surface area contributed by atoms with Crippen LogP contribution < -0.4 is 19.4 Å². The molecule has 1 aromatic heterocycles. The Kier molecular flexibility index (Phi) is 8.64. The summed E-state index contributed by atoms with van der Waals surface area (Å²) in [5.41, 5.74) is 11.6. The fraction of sp³-hybridized carbons (Fsp3) is 0. The Morgan fingerprint density at radius 3 is 1.46 bits per heavy atom. The summed E-state index contributed by atoms with van der Waals surface area (Å²) in [6.45, 7) is 0. The quantitative estimate of drug-likeness (QED) is 0.153. The Bertz CT molecular complexity index is 3010. The van der Waals surface area contributed by atoms with Crippen LogP contribution >= 0.6 is 11.3 Å². The van der Waals surface area contributed by atoms with Crippen molar-refractivity contribution in [2.75, 3.05) is 14.7 Å². The van der Waals surface area contributed by atoms with Gasteiger partial charge in [0.1, 0.15) is 0 Å². The fourth-order valence-corrected chi connectivity index (χ4v) is 9.37. The zero-order valence-electron chi connectivity index (χ0n) is 32.0. The van der Waals surface area contributed by atoms with Crippen LogP contribution in [0.5, 0.6) is 11.5 Å². The third-order valence-corrected chi connectivity index (χ3v) is 12.1. The van der Waals surface area contributed by atoms with E-state index in [-0.39, 0.29) is 0 Å². The summed E-state index contributed by atoms with van der Waals surface area (Å²) < 4.78 is 9.07. The summed E-state index contributed by atoms with van der Waals surface area (Å²) in [6, 6.07) is 79.9. The molecule has 0 unspecified atom stereocenters. The summed E-state index contributed by atoms with van der Waals surface area (Å²) in [7, 11) is 0. The molecule has 0 bridgehead atoms. The lowest BCUT2D eigenvalue weighted by atomic mass is 10.0. The lowest BCUT2D eigenvalue weighted by Crippen LogP contribution is -2.18. The lowest BCUT2D eigenvalue weighted by molar-refractivity contribution is 0.477. The summed E-state index contributed by atoms with van der Waals surface area (Å²) >= 11 is 1.84. The minimum Gasteiger partial charge on any atom is -0.453 e. The first-order chi connectivity index (χ1) is 29.2. The molecule has 11 rings (SSSR count). The summed E-state index contributed by atoms with van der Waals surface area (Å²) in [4.78, 5) is 7.08. The van der Waals surface area contributed by atoms with E-state index in [4.69, 9.17) is 4.74 Å². The Morgan fingerprint density at radius 2 is 0.814 bits per heavy atom. The van der Waals surface area contributed by atoms with Gasteiger partial charge in [0, 0.05) is 42.9 Å². The molecular formula is C54H37N3OS. The Balaban J connectivity index is 1.19. The van der Waals surface area contributed by atoms with Gasteiger partial charge in [0.15, 0.2) is 11.5 Å². The summed E-state index contributed by atoms with van der Waals surface area (Å²) in [5.74, 6) is 1.62. The van der Waals surface area contributed by atoms with Gasteiger partial charge in [-0.25, -0.2) is 0 Å². The number of benzene rings is 9. The summed E-state index contributed by atoms with van der Waals surface area (Å²) in [5, 5.41) is 2.51. The van der Waals surface area contributed by atoms with Crippen LogP contribution in [0.2, 0.25) is 0 Å². The maximum Gasteiger partial charge on any atom is 0.151 e. The second kappa shape index (κ2) is 14.7. The largest absolute Gasteiger partial charge is 0.453 e. The summed E-state index contributed by atoms with van der Waals surface area (Å²) in [6.07, 6.45) is 0. The molecule has 0 amide bonds. The van der Waals surface area contributed by atoms with E-state index in [0.29, 0.717) is 0 Å². The van der Waals surface area contributed by atoms with Crippen molar-refractivity contribution in [3.05, 3.63) is 224 Å². The van der Waals surface area contributed by atoms with Crippen molar-refractivity contribution in [2.45, 2.75) is 0 Å². The van der Waals surface area contributed by atoms with E-state index in [1.165, 1.54) is 31.3 Å². The predicted octanol–water partition coefficient (Wildman–Crippen LogP) is 16.2. The van der Waals surface area contributed by atoms with Gasteiger partial charge in [-0.2, -0.15) is 0 Å². The van der Waals surface area contributed by atoms with Gasteiger partial charge in [-0.3, -0.25) is 0 Å². The van der Waals surface area contributed by atoms with Crippen molar-refractivity contribution >= 4 is 82.7 Å². The van der Waals surface area contributed by atoms with Crippen LogP contribution in [-0.2, 0) is 0 Å². The molecule has 0 fully saturated rings. The molecule has 0 N–H and O–H groups in total. The predicted molar refractivity (Wildman–Crippen MR) is 249 cm³/mol. The number of ether oxygens (including phenoxy) is 1. The van der Waals surface area contributed by atoms with Crippen LogP contribution in [0.4, 0.5) is 51.2 Å². The van der Waals surface area contributed by atoms with Gasteiger partial charge in [-0.15, -0.1) is 11.3 Å². The van der Waals surface area contributed by atoms with Crippen LogP contribution in [0.1, 0.15) is 0 Å².